The predicted molar refractivity (Wildman–Crippen MR) is 177 cm³/mol. The summed E-state index contributed by atoms with van der Waals surface area (Å²) in [5.41, 5.74) is 12.4. The highest BCUT2D eigenvalue weighted by molar-refractivity contribution is 6.59. The second-order valence-corrected chi connectivity index (χ2v) is 12.5. The Labute approximate surface area is 247 Å². The average Bonchev–Trinajstić information content (AvgIpc) is 3.24. The molecule has 0 aliphatic heterocycles. The maximum atomic E-state index is 5.65. The first-order valence-corrected chi connectivity index (χ1v) is 15.4. The van der Waals surface area contributed by atoms with Gasteiger partial charge in [0.05, 0.1) is 24.8 Å². The molecule has 4 aromatic carbocycles. The summed E-state index contributed by atoms with van der Waals surface area (Å²) in [4.78, 5) is 5.65. The van der Waals surface area contributed by atoms with Crippen LogP contribution in [0.4, 0.5) is 11.4 Å². The number of aryl methyl sites for hydroxylation is 1. The molecule has 41 heavy (non-hydrogen) atoms. The van der Waals surface area contributed by atoms with Gasteiger partial charge in [-0.2, -0.15) is 5.01 Å². The van der Waals surface area contributed by atoms with Gasteiger partial charge in [-0.15, -0.1) is 0 Å². The van der Waals surface area contributed by atoms with Gasteiger partial charge in [-0.3, -0.25) is 0 Å². The SMILES string of the molecule is CCCN(C)/[N+](=C1\C(=Nc2c(C)cccc2C(C)C)c2cccc3cccc1c23)c1c(C(C)C)cccc1C(C)C. The van der Waals surface area contributed by atoms with Crippen molar-refractivity contribution in [2.24, 2.45) is 4.99 Å². The molecule has 0 amide bonds. The van der Waals surface area contributed by atoms with Gasteiger partial charge < -0.3 is 0 Å². The van der Waals surface area contributed by atoms with Gasteiger partial charge >= 0.3 is 0 Å². The number of aliphatic imine (C=N–C) groups is 1. The molecule has 212 valence electrons. The second kappa shape index (κ2) is 11.6. The molecule has 5 rings (SSSR count). The zero-order chi connectivity index (χ0) is 29.4. The van der Waals surface area contributed by atoms with Crippen LogP contribution in [0.5, 0.6) is 0 Å². The van der Waals surface area contributed by atoms with Gasteiger partial charge in [0, 0.05) is 22.1 Å². The summed E-state index contributed by atoms with van der Waals surface area (Å²) < 4.78 is 2.52. The van der Waals surface area contributed by atoms with E-state index < -0.39 is 0 Å². The van der Waals surface area contributed by atoms with Crippen LogP contribution in [-0.4, -0.2) is 34.7 Å². The van der Waals surface area contributed by atoms with Crippen molar-refractivity contribution < 1.29 is 4.68 Å². The smallest absolute Gasteiger partial charge is 0.241 e. The van der Waals surface area contributed by atoms with E-state index in [9.17, 15) is 0 Å². The van der Waals surface area contributed by atoms with E-state index >= 15 is 0 Å². The van der Waals surface area contributed by atoms with Crippen LogP contribution in [0.2, 0.25) is 0 Å². The normalized spacial score (nSPS) is 15.2. The van der Waals surface area contributed by atoms with Gasteiger partial charge in [0.15, 0.2) is 0 Å². The summed E-state index contributed by atoms with van der Waals surface area (Å²) in [5, 5.41) is 4.98. The Balaban J connectivity index is 2.00. The fraction of sp³-hybridized carbons (Fsp3) is 0.368. The van der Waals surface area contributed by atoms with Gasteiger partial charge in [0.1, 0.15) is 5.71 Å². The highest BCUT2D eigenvalue weighted by atomic mass is 15.6. The van der Waals surface area contributed by atoms with Crippen LogP contribution in [-0.2, 0) is 0 Å². The van der Waals surface area contributed by atoms with Crippen molar-refractivity contribution in [1.82, 2.24) is 5.01 Å². The van der Waals surface area contributed by atoms with E-state index in [0.29, 0.717) is 17.8 Å². The summed E-state index contributed by atoms with van der Waals surface area (Å²) in [6.45, 7) is 19.2. The van der Waals surface area contributed by atoms with Gasteiger partial charge in [0.25, 0.3) is 5.71 Å². The van der Waals surface area contributed by atoms with E-state index in [2.05, 4.69) is 145 Å². The minimum Gasteiger partial charge on any atom is -0.241 e. The number of hydrazine groups is 1. The van der Waals surface area contributed by atoms with Crippen LogP contribution in [0.25, 0.3) is 10.8 Å². The minimum absolute atomic E-state index is 0.380. The Morgan fingerprint density at radius 1 is 0.707 bits per heavy atom. The molecule has 0 heterocycles. The Hall–Kier alpha value is -3.72. The lowest BCUT2D eigenvalue weighted by atomic mass is 9.92. The molecule has 0 spiro atoms. The van der Waals surface area contributed by atoms with Gasteiger partial charge in [-0.1, -0.05) is 120 Å². The van der Waals surface area contributed by atoms with Crippen molar-refractivity contribution in [2.75, 3.05) is 13.6 Å². The third-order valence-corrected chi connectivity index (χ3v) is 8.41. The Bertz CT molecular complexity index is 1620. The zero-order valence-corrected chi connectivity index (χ0v) is 26.4. The predicted octanol–water partition coefficient (Wildman–Crippen LogP) is 10.0. The van der Waals surface area contributed by atoms with Crippen LogP contribution in [0.15, 0.2) is 77.8 Å². The fourth-order valence-electron chi connectivity index (χ4n) is 6.36. The first kappa shape index (κ1) is 28.8. The highest BCUT2D eigenvalue weighted by Gasteiger charge is 2.40. The van der Waals surface area contributed by atoms with Crippen LogP contribution in [0, 0.1) is 6.92 Å². The van der Waals surface area contributed by atoms with Crippen LogP contribution >= 0.6 is 0 Å². The summed E-state index contributed by atoms with van der Waals surface area (Å²) >= 11 is 0. The molecule has 1 aliphatic carbocycles. The minimum atomic E-state index is 0.380. The molecule has 4 aromatic rings. The molecular weight excluding hydrogens is 498 g/mol. The number of hydrogen-bond donors (Lipinski definition) is 0. The van der Waals surface area contributed by atoms with Crippen LogP contribution in [0.3, 0.4) is 0 Å². The molecule has 0 fully saturated rings. The molecule has 0 N–H and O–H groups in total. The van der Waals surface area contributed by atoms with Gasteiger partial charge in [-0.05, 0) is 53.7 Å². The van der Waals surface area contributed by atoms with E-state index in [1.807, 2.05) is 0 Å². The van der Waals surface area contributed by atoms with E-state index in [4.69, 9.17) is 4.99 Å². The molecule has 0 radical (unpaired) electrons. The number of nitrogens with zero attached hydrogens (tertiary/aromatic N) is 3. The fourth-order valence-corrected chi connectivity index (χ4v) is 6.36. The first-order valence-electron chi connectivity index (χ1n) is 15.4. The maximum Gasteiger partial charge on any atom is 0.269 e. The maximum absolute atomic E-state index is 5.65. The number of benzene rings is 4. The Kier molecular flexibility index (Phi) is 8.18. The van der Waals surface area contributed by atoms with Crippen LogP contribution < -0.4 is 0 Å². The summed E-state index contributed by atoms with van der Waals surface area (Å²) in [6.07, 6.45) is 1.06. The lowest BCUT2D eigenvalue weighted by Crippen LogP contribution is -2.37. The molecular formula is C38H46N3+. The molecule has 1 aliphatic rings. The molecule has 0 saturated carbocycles. The number of para-hydroxylation sites is 2. The monoisotopic (exact) mass is 544 g/mol. The van der Waals surface area contributed by atoms with Crippen molar-refractivity contribution in [2.45, 2.75) is 79.6 Å². The average molecular weight is 545 g/mol. The lowest BCUT2D eigenvalue weighted by molar-refractivity contribution is -0.615. The number of rotatable bonds is 8. The number of hydrazone groups is 1. The standard InChI is InChI=1S/C38H46N3/c1-10-23-40(9)41(37-30(25(4)5)19-14-20-31(37)26(6)7)38-33-22-13-17-28-16-12-21-32(34(28)33)36(38)39-35-27(8)15-11-18-29(35)24(2)3/h11-22,24-26H,10,23H2,1-9H3/q+1/b39-36?,41-38-. The van der Waals surface area contributed by atoms with Crippen molar-refractivity contribution >= 4 is 33.6 Å². The van der Waals surface area contributed by atoms with E-state index in [1.165, 1.54) is 55.6 Å². The zero-order valence-electron chi connectivity index (χ0n) is 26.4. The molecule has 3 heteroatoms. The van der Waals surface area contributed by atoms with Gasteiger partial charge in [0.2, 0.25) is 5.69 Å². The summed E-state index contributed by atoms with van der Waals surface area (Å²) in [5.74, 6) is 1.14. The highest BCUT2D eigenvalue weighted by Crippen LogP contribution is 2.40. The van der Waals surface area contributed by atoms with Crippen molar-refractivity contribution in [1.29, 1.82) is 0 Å². The summed E-state index contributed by atoms with van der Waals surface area (Å²) in [6, 6.07) is 26.9. The molecule has 0 atom stereocenters. The van der Waals surface area contributed by atoms with Crippen molar-refractivity contribution in [3.05, 3.63) is 106 Å². The third kappa shape index (κ3) is 5.12. The van der Waals surface area contributed by atoms with E-state index in [-0.39, 0.29) is 0 Å². The van der Waals surface area contributed by atoms with E-state index in [1.54, 1.807) is 0 Å². The van der Waals surface area contributed by atoms with Crippen molar-refractivity contribution in [3.63, 3.8) is 0 Å². The molecule has 0 bridgehead atoms. The molecule has 3 nitrogen and oxygen atoms in total. The molecule has 0 aromatic heterocycles. The quantitative estimate of drug-likeness (QED) is 0.159. The Morgan fingerprint density at radius 3 is 1.83 bits per heavy atom. The number of hydrogen-bond acceptors (Lipinski definition) is 2. The molecule has 0 saturated heterocycles. The molecule has 0 unspecified atom stereocenters. The van der Waals surface area contributed by atoms with Crippen molar-refractivity contribution in [3.8, 4) is 0 Å². The topological polar surface area (TPSA) is 18.6 Å². The first-order chi connectivity index (χ1) is 19.6. The van der Waals surface area contributed by atoms with E-state index in [0.717, 1.165) is 24.4 Å². The lowest BCUT2D eigenvalue weighted by Gasteiger charge is -2.23. The second-order valence-electron chi connectivity index (χ2n) is 12.5. The largest absolute Gasteiger partial charge is 0.269 e. The third-order valence-electron chi connectivity index (χ3n) is 8.41. The Morgan fingerprint density at radius 2 is 1.24 bits per heavy atom. The van der Waals surface area contributed by atoms with Crippen LogP contribution in [0.1, 0.15) is 106 Å². The summed E-state index contributed by atoms with van der Waals surface area (Å²) in [7, 11) is 2.24. The van der Waals surface area contributed by atoms with Gasteiger partial charge in [-0.25, -0.2) is 4.99 Å².